The standard InChI is InChI=1S/C43H45ClFN7O3/c1-23(2)34-36(24(3)11-15-46-34)52-37-29(21-47-35(33(37)45)28-20-27(53)19-25-7-4-8-30(44)32(25)28)38-40(42(52)55)50(18-14-43-12-5-16-49(43)17-6-13-43)41(54)39-31-10-9-26(48-31)22-51(38)39/h4,7-8,11,15,19-21,23,26,31,39,48,53H,5-6,9-10,12-14,16-18,22H2,1-3H3. The lowest BCUT2D eigenvalue weighted by molar-refractivity contribution is -0.121. The summed E-state index contributed by atoms with van der Waals surface area (Å²) in [6, 6.07) is 9.73. The van der Waals surface area contributed by atoms with E-state index in [4.69, 9.17) is 21.6 Å². The SMILES string of the molecule is Cc1ccnc(C(C)C)c1-n1c(=O)c2c(c3cnc(-c4cc(O)cc5cccc(Cl)c45)c(F)c31)N1CC3CCC(N3)C1C(=O)N2CCC12CCCN1CCC2. The zero-order valence-electron chi connectivity index (χ0n) is 31.4. The van der Waals surface area contributed by atoms with Gasteiger partial charge in [-0.15, -0.1) is 0 Å². The zero-order chi connectivity index (χ0) is 37.9. The maximum Gasteiger partial charge on any atom is 0.281 e. The van der Waals surface area contributed by atoms with Crippen LogP contribution in [0.4, 0.5) is 15.8 Å². The van der Waals surface area contributed by atoms with Crippen molar-refractivity contribution in [3.63, 3.8) is 0 Å². The van der Waals surface area contributed by atoms with Gasteiger partial charge in [0.15, 0.2) is 5.82 Å². The highest BCUT2D eigenvalue weighted by molar-refractivity contribution is 6.36. The predicted molar refractivity (Wildman–Crippen MR) is 214 cm³/mol. The summed E-state index contributed by atoms with van der Waals surface area (Å²) < 4.78 is 19.5. The van der Waals surface area contributed by atoms with Gasteiger partial charge in [-0.25, -0.2) is 4.39 Å². The largest absolute Gasteiger partial charge is 0.508 e. The van der Waals surface area contributed by atoms with Gasteiger partial charge in [0.2, 0.25) is 0 Å². The van der Waals surface area contributed by atoms with Crippen LogP contribution in [-0.4, -0.2) is 80.3 Å². The number of aromatic nitrogens is 3. The minimum Gasteiger partial charge on any atom is -0.508 e. The summed E-state index contributed by atoms with van der Waals surface area (Å²) in [6.07, 6.45) is 10.4. The monoisotopic (exact) mass is 761 g/mol. The number of nitrogens with one attached hydrogen (secondary N) is 1. The Kier molecular flexibility index (Phi) is 8.07. The highest BCUT2D eigenvalue weighted by Gasteiger charge is 2.52. The number of nitrogens with zero attached hydrogens (tertiary/aromatic N) is 6. The lowest BCUT2D eigenvalue weighted by Crippen LogP contribution is -2.67. The van der Waals surface area contributed by atoms with E-state index in [1.165, 1.54) is 10.6 Å². The normalized spacial score (nSPS) is 22.9. The van der Waals surface area contributed by atoms with Crippen molar-refractivity contribution < 1.29 is 14.3 Å². The highest BCUT2D eigenvalue weighted by atomic mass is 35.5. The van der Waals surface area contributed by atoms with Crippen LogP contribution in [0.15, 0.2) is 53.6 Å². The third-order valence-corrected chi connectivity index (χ3v) is 13.6. The number of hydrogen-bond acceptors (Lipinski definition) is 8. The fourth-order valence-corrected chi connectivity index (χ4v) is 11.2. The molecule has 3 unspecified atom stereocenters. The van der Waals surface area contributed by atoms with Crippen LogP contribution in [0.2, 0.25) is 5.02 Å². The van der Waals surface area contributed by atoms with Gasteiger partial charge in [0.25, 0.3) is 11.5 Å². The number of rotatable bonds is 6. The Labute approximate surface area is 323 Å². The van der Waals surface area contributed by atoms with Gasteiger partial charge < -0.3 is 20.2 Å². The van der Waals surface area contributed by atoms with Gasteiger partial charge in [-0.05, 0) is 106 Å². The van der Waals surface area contributed by atoms with Crippen molar-refractivity contribution in [1.29, 1.82) is 0 Å². The van der Waals surface area contributed by atoms with Crippen LogP contribution >= 0.6 is 11.6 Å². The Bertz CT molecular complexity index is 2490. The molecule has 10 nitrogen and oxygen atoms in total. The van der Waals surface area contributed by atoms with Crippen molar-refractivity contribution in [2.45, 2.75) is 95.3 Å². The molecule has 5 aromatic rings. The molecule has 1 amide bonds. The Morgan fingerprint density at radius 1 is 1.05 bits per heavy atom. The number of phenols is 1. The van der Waals surface area contributed by atoms with Crippen molar-refractivity contribution in [3.05, 3.63) is 81.2 Å². The van der Waals surface area contributed by atoms with Crippen molar-refractivity contribution >= 4 is 50.6 Å². The van der Waals surface area contributed by atoms with Crippen LogP contribution in [-0.2, 0) is 4.79 Å². The average molecular weight is 762 g/mol. The molecule has 5 aliphatic rings. The van der Waals surface area contributed by atoms with E-state index < -0.39 is 17.4 Å². The number of halogens is 2. The van der Waals surface area contributed by atoms with Crippen molar-refractivity contribution in [1.82, 2.24) is 24.8 Å². The summed E-state index contributed by atoms with van der Waals surface area (Å²) in [4.78, 5) is 46.8. The predicted octanol–water partition coefficient (Wildman–Crippen LogP) is 7.21. The molecule has 0 saturated carbocycles. The molecule has 0 aliphatic carbocycles. The summed E-state index contributed by atoms with van der Waals surface area (Å²) in [6.45, 7) is 8.97. The molecule has 5 aliphatic heterocycles. The number of aryl methyl sites for hydroxylation is 1. The smallest absolute Gasteiger partial charge is 0.281 e. The van der Waals surface area contributed by atoms with E-state index in [2.05, 4.69) is 15.1 Å². The van der Waals surface area contributed by atoms with Gasteiger partial charge in [-0.1, -0.05) is 37.6 Å². The van der Waals surface area contributed by atoms with Crippen molar-refractivity contribution in [2.75, 3.05) is 36.0 Å². The van der Waals surface area contributed by atoms with Crippen LogP contribution in [0.25, 0.3) is 38.6 Å². The fourth-order valence-electron chi connectivity index (χ4n) is 10.9. The minimum atomic E-state index is -0.716. The first kappa shape index (κ1) is 34.9. The number of hydrogen-bond donors (Lipinski definition) is 2. The maximum atomic E-state index is 18.1. The van der Waals surface area contributed by atoms with Gasteiger partial charge in [-0.2, -0.15) is 0 Å². The van der Waals surface area contributed by atoms with Gasteiger partial charge in [-0.3, -0.25) is 29.0 Å². The molecule has 0 radical (unpaired) electrons. The summed E-state index contributed by atoms with van der Waals surface area (Å²) >= 11 is 6.76. The van der Waals surface area contributed by atoms with Crippen LogP contribution in [0.3, 0.4) is 0 Å². The van der Waals surface area contributed by atoms with E-state index in [0.29, 0.717) is 56.9 Å². The molecule has 2 N–H and O–H groups in total. The molecular formula is C43H45ClFN7O3. The second-order valence-corrected chi connectivity index (χ2v) is 17.1. The molecule has 8 heterocycles. The van der Waals surface area contributed by atoms with E-state index in [9.17, 15) is 5.11 Å². The molecule has 2 aromatic carbocycles. The number of pyridine rings is 3. The Morgan fingerprint density at radius 3 is 2.64 bits per heavy atom. The number of amides is 1. The van der Waals surface area contributed by atoms with Crippen LogP contribution < -0.4 is 20.7 Å². The Morgan fingerprint density at radius 2 is 1.85 bits per heavy atom. The molecule has 10 rings (SSSR count). The van der Waals surface area contributed by atoms with E-state index in [0.717, 1.165) is 63.6 Å². The van der Waals surface area contributed by atoms with Crippen molar-refractivity contribution in [2.24, 2.45) is 0 Å². The van der Waals surface area contributed by atoms with Gasteiger partial charge in [0.05, 0.1) is 22.6 Å². The first-order chi connectivity index (χ1) is 26.6. The van der Waals surface area contributed by atoms with Gasteiger partial charge in [0, 0.05) is 64.5 Å². The molecule has 4 saturated heterocycles. The highest BCUT2D eigenvalue weighted by Crippen LogP contribution is 2.48. The number of piperazine rings is 1. The number of carbonyl (C=O) groups is 1. The lowest BCUT2D eigenvalue weighted by atomic mass is 9.89. The van der Waals surface area contributed by atoms with Crippen LogP contribution in [0.1, 0.15) is 76.0 Å². The summed E-state index contributed by atoms with van der Waals surface area (Å²) in [7, 11) is 0. The molecule has 2 bridgehead atoms. The molecule has 0 spiro atoms. The molecular weight excluding hydrogens is 717 g/mol. The third-order valence-electron chi connectivity index (χ3n) is 13.3. The fraction of sp³-hybridized carbons (Fsp3) is 0.442. The van der Waals surface area contributed by atoms with Crippen LogP contribution in [0, 0.1) is 12.7 Å². The van der Waals surface area contributed by atoms with E-state index in [1.807, 2.05) is 32.9 Å². The second kappa shape index (κ2) is 12.7. The quantitative estimate of drug-likeness (QED) is 0.187. The van der Waals surface area contributed by atoms with E-state index in [-0.39, 0.29) is 52.1 Å². The number of anilines is 2. The maximum absolute atomic E-state index is 18.1. The van der Waals surface area contributed by atoms with Crippen LogP contribution in [0.5, 0.6) is 5.75 Å². The topological polar surface area (TPSA) is 107 Å². The van der Waals surface area contributed by atoms with Gasteiger partial charge in [0.1, 0.15) is 23.2 Å². The summed E-state index contributed by atoms with van der Waals surface area (Å²) in [5.74, 6) is -0.960. The number of benzene rings is 2. The first-order valence-electron chi connectivity index (χ1n) is 19.8. The second-order valence-electron chi connectivity index (χ2n) is 16.7. The molecule has 3 aromatic heterocycles. The molecule has 4 fully saturated rings. The molecule has 284 valence electrons. The summed E-state index contributed by atoms with van der Waals surface area (Å²) in [5.41, 5.74) is 2.65. The minimum absolute atomic E-state index is 0.0231. The molecule has 55 heavy (non-hydrogen) atoms. The first-order valence-corrected chi connectivity index (χ1v) is 20.2. The number of fused-ring (bicyclic) bond motifs is 10. The van der Waals surface area contributed by atoms with Crippen molar-refractivity contribution in [3.8, 4) is 22.7 Å². The zero-order valence-corrected chi connectivity index (χ0v) is 32.2. The van der Waals surface area contributed by atoms with E-state index in [1.54, 1.807) is 35.5 Å². The van der Waals surface area contributed by atoms with Gasteiger partial charge >= 0.3 is 0 Å². The lowest BCUT2D eigenvalue weighted by Gasteiger charge is -2.49. The Balaban J connectivity index is 1.29. The number of carbonyl (C=O) groups excluding carboxylic acids is 1. The molecule has 3 atom stereocenters. The van der Waals surface area contributed by atoms with E-state index >= 15 is 14.0 Å². The number of phenolic OH excluding ortho intramolecular Hbond substituents is 1. The average Bonchev–Trinajstić information content (AvgIpc) is 3.86. The Hall–Kier alpha value is -4.58. The molecule has 12 heteroatoms. The summed E-state index contributed by atoms with van der Waals surface area (Å²) in [5, 5.41) is 16.6. The third kappa shape index (κ3) is 5.11. The number of aromatic hydroxyl groups is 1.